The van der Waals surface area contributed by atoms with E-state index in [0.29, 0.717) is 11.9 Å². The molecule has 0 atom stereocenters. The second-order valence-corrected chi connectivity index (χ2v) is 3.17. The number of halogens is 2. The van der Waals surface area contributed by atoms with Gasteiger partial charge in [-0.3, -0.25) is 0 Å². The van der Waals surface area contributed by atoms with Gasteiger partial charge in [0.25, 0.3) is 0 Å². The topological polar surface area (TPSA) is 30.7 Å². The maximum Gasteiger partial charge on any atom is 0.148 e. The van der Waals surface area contributed by atoms with Crippen LogP contribution in [0.3, 0.4) is 0 Å². The number of aromatic nitrogens is 3. The molecule has 12 heavy (non-hydrogen) atoms. The third-order valence-corrected chi connectivity index (χ3v) is 2.21. The summed E-state index contributed by atoms with van der Waals surface area (Å²) in [7, 11) is 0. The van der Waals surface area contributed by atoms with Crippen molar-refractivity contribution in [1.82, 2.24) is 14.8 Å². The summed E-state index contributed by atoms with van der Waals surface area (Å²) in [6.45, 7) is 1.97. The molecule has 2 rings (SSSR count). The monoisotopic (exact) mass is 207 g/mol. The van der Waals surface area contributed by atoms with Crippen LogP contribution in [0.4, 0.5) is 0 Å². The van der Waals surface area contributed by atoms with E-state index in [1.54, 1.807) is 0 Å². The lowest BCUT2D eigenvalue weighted by Crippen LogP contribution is -2.01. The van der Waals surface area contributed by atoms with Gasteiger partial charge in [0.15, 0.2) is 0 Å². The molecule has 1 aromatic heterocycles. The van der Waals surface area contributed by atoms with Crippen molar-refractivity contribution in [2.24, 2.45) is 0 Å². The van der Waals surface area contributed by atoms with Crippen LogP contribution in [0.1, 0.15) is 30.5 Å². The van der Waals surface area contributed by atoms with E-state index >= 15 is 0 Å². The van der Waals surface area contributed by atoms with E-state index in [0.717, 1.165) is 11.6 Å². The van der Waals surface area contributed by atoms with Crippen LogP contribution >= 0.6 is 24.0 Å². The van der Waals surface area contributed by atoms with Crippen molar-refractivity contribution in [3.63, 3.8) is 0 Å². The summed E-state index contributed by atoms with van der Waals surface area (Å²) < 4.78 is 2.15. The van der Waals surface area contributed by atoms with Gasteiger partial charge in [-0.25, -0.2) is 0 Å². The molecule has 0 aromatic carbocycles. The zero-order valence-corrected chi connectivity index (χ0v) is 8.40. The average Bonchev–Trinajstić information content (AvgIpc) is 2.76. The molecule has 1 heterocycles. The fourth-order valence-electron chi connectivity index (χ4n) is 1.31. The summed E-state index contributed by atoms with van der Waals surface area (Å²) >= 11 is 5.69. The zero-order valence-electron chi connectivity index (χ0n) is 6.83. The smallest absolute Gasteiger partial charge is 0.148 e. The maximum absolute atomic E-state index is 5.69. The van der Waals surface area contributed by atoms with Crippen molar-refractivity contribution in [3.05, 3.63) is 11.6 Å². The fourth-order valence-corrected chi connectivity index (χ4v) is 1.49. The van der Waals surface area contributed by atoms with Gasteiger partial charge in [-0.1, -0.05) is 0 Å². The number of hydrogen-bond donors (Lipinski definition) is 0. The van der Waals surface area contributed by atoms with E-state index in [9.17, 15) is 0 Å². The Morgan fingerprint density at radius 3 is 2.67 bits per heavy atom. The first-order valence-corrected chi connectivity index (χ1v) is 4.32. The lowest BCUT2D eigenvalue weighted by molar-refractivity contribution is 0.682. The summed E-state index contributed by atoms with van der Waals surface area (Å²) in [4.78, 5) is 0. The molecule has 0 amide bonds. The maximum atomic E-state index is 5.69. The Labute approximate surface area is 82.5 Å². The van der Waals surface area contributed by atoms with E-state index in [1.165, 1.54) is 12.8 Å². The molecule has 0 unspecified atom stereocenters. The Morgan fingerprint density at radius 1 is 1.50 bits per heavy atom. The highest BCUT2D eigenvalue weighted by Crippen LogP contribution is 2.36. The second kappa shape index (κ2) is 3.62. The highest BCUT2D eigenvalue weighted by atomic mass is 35.5. The van der Waals surface area contributed by atoms with Crippen molar-refractivity contribution >= 4 is 24.0 Å². The minimum Gasteiger partial charge on any atom is -0.311 e. The van der Waals surface area contributed by atoms with Gasteiger partial charge in [-0.05, 0) is 19.8 Å². The van der Waals surface area contributed by atoms with Crippen LogP contribution in [-0.2, 0) is 5.88 Å². The van der Waals surface area contributed by atoms with Gasteiger partial charge in [0.2, 0.25) is 0 Å². The van der Waals surface area contributed by atoms with Crippen molar-refractivity contribution < 1.29 is 0 Å². The Bertz CT molecular complexity index is 268. The van der Waals surface area contributed by atoms with Gasteiger partial charge >= 0.3 is 0 Å². The lowest BCUT2D eigenvalue weighted by atomic mass is 10.5. The Kier molecular flexibility index (Phi) is 2.96. The minimum atomic E-state index is 0. The van der Waals surface area contributed by atoms with Crippen LogP contribution in [0.2, 0.25) is 0 Å². The van der Waals surface area contributed by atoms with Gasteiger partial charge in [0.1, 0.15) is 11.6 Å². The van der Waals surface area contributed by atoms with Crippen LogP contribution in [0.25, 0.3) is 0 Å². The van der Waals surface area contributed by atoms with E-state index in [-0.39, 0.29) is 12.4 Å². The van der Waals surface area contributed by atoms with E-state index in [1.807, 2.05) is 6.92 Å². The molecule has 1 fully saturated rings. The van der Waals surface area contributed by atoms with Gasteiger partial charge in [0, 0.05) is 6.04 Å². The molecule has 1 aliphatic rings. The van der Waals surface area contributed by atoms with Gasteiger partial charge in [-0.2, -0.15) is 0 Å². The third-order valence-electron chi connectivity index (χ3n) is 1.97. The SMILES string of the molecule is Cc1nnc(CCl)n1C1CC1.Cl. The number of rotatable bonds is 2. The van der Waals surface area contributed by atoms with Crippen molar-refractivity contribution in [3.8, 4) is 0 Å². The Hall–Kier alpha value is -0.280. The molecule has 1 aromatic rings. The summed E-state index contributed by atoms with van der Waals surface area (Å²) in [5, 5.41) is 7.95. The van der Waals surface area contributed by atoms with Crippen LogP contribution < -0.4 is 0 Å². The van der Waals surface area contributed by atoms with Crippen molar-refractivity contribution in [1.29, 1.82) is 0 Å². The molecule has 0 bridgehead atoms. The van der Waals surface area contributed by atoms with Crippen LogP contribution in [-0.4, -0.2) is 14.8 Å². The van der Waals surface area contributed by atoms with E-state index in [2.05, 4.69) is 14.8 Å². The Balaban J connectivity index is 0.000000720. The molecular weight excluding hydrogens is 197 g/mol. The Morgan fingerprint density at radius 2 is 2.17 bits per heavy atom. The van der Waals surface area contributed by atoms with Gasteiger partial charge in [0.05, 0.1) is 5.88 Å². The summed E-state index contributed by atoms with van der Waals surface area (Å²) in [5.74, 6) is 2.37. The van der Waals surface area contributed by atoms with Crippen LogP contribution in [0.15, 0.2) is 0 Å². The molecule has 68 valence electrons. The molecule has 3 nitrogen and oxygen atoms in total. The number of hydrogen-bond acceptors (Lipinski definition) is 2. The van der Waals surface area contributed by atoms with Crippen molar-refractivity contribution in [2.75, 3.05) is 0 Å². The molecular formula is C7H11Cl2N3. The summed E-state index contributed by atoms with van der Waals surface area (Å²) in [6.07, 6.45) is 2.51. The quantitative estimate of drug-likeness (QED) is 0.696. The first kappa shape index (κ1) is 9.81. The van der Waals surface area contributed by atoms with Gasteiger partial charge in [-0.15, -0.1) is 34.2 Å². The number of nitrogens with zero attached hydrogens (tertiary/aromatic N) is 3. The molecule has 1 saturated carbocycles. The standard InChI is InChI=1S/C7H10ClN3.ClH/c1-5-9-10-7(4-8)11(5)6-2-3-6;/h6H,2-4H2,1H3;1H. The van der Waals surface area contributed by atoms with Crippen LogP contribution in [0, 0.1) is 6.92 Å². The molecule has 0 saturated heterocycles. The number of aryl methyl sites for hydroxylation is 1. The zero-order chi connectivity index (χ0) is 7.84. The predicted octanol–water partition coefficient (Wildman–Crippen LogP) is 2.08. The normalized spacial score (nSPS) is 15.8. The fraction of sp³-hybridized carbons (Fsp3) is 0.714. The summed E-state index contributed by atoms with van der Waals surface area (Å²) in [6, 6.07) is 0.638. The molecule has 1 aliphatic carbocycles. The van der Waals surface area contributed by atoms with Crippen molar-refractivity contribution in [2.45, 2.75) is 31.7 Å². The average molecular weight is 208 g/mol. The molecule has 0 aliphatic heterocycles. The van der Waals surface area contributed by atoms with E-state index in [4.69, 9.17) is 11.6 Å². The third kappa shape index (κ3) is 1.57. The van der Waals surface area contributed by atoms with E-state index < -0.39 is 0 Å². The molecule has 0 radical (unpaired) electrons. The number of alkyl halides is 1. The first-order valence-electron chi connectivity index (χ1n) is 3.79. The summed E-state index contributed by atoms with van der Waals surface area (Å²) in [5.41, 5.74) is 0. The lowest BCUT2D eigenvalue weighted by Gasteiger charge is -2.02. The molecule has 0 N–H and O–H groups in total. The van der Waals surface area contributed by atoms with Gasteiger partial charge < -0.3 is 4.57 Å². The molecule has 5 heteroatoms. The predicted molar refractivity (Wildman–Crippen MR) is 49.8 cm³/mol. The highest BCUT2D eigenvalue weighted by Gasteiger charge is 2.27. The molecule has 0 spiro atoms. The minimum absolute atomic E-state index is 0. The first-order chi connectivity index (χ1) is 5.33. The second-order valence-electron chi connectivity index (χ2n) is 2.90. The van der Waals surface area contributed by atoms with Crippen LogP contribution in [0.5, 0.6) is 0 Å². The largest absolute Gasteiger partial charge is 0.311 e. The highest BCUT2D eigenvalue weighted by molar-refractivity contribution is 6.16.